The molecular weight excluding hydrogens is 507 g/mol. The molecule has 4 heterocycles. The van der Waals surface area contributed by atoms with E-state index in [1.165, 1.54) is 19.2 Å². The molecule has 2 aliphatic heterocycles. The maximum absolute atomic E-state index is 14.6. The number of benzene rings is 1. The predicted molar refractivity (Wildman–Crippen MR) is 134 cm³/mol. The number of aromatic nitrogens is 4. The first kappa shape index (κ1) is 24.7. The summed E-state index contributed by atoms with van der Waals surface area (Å²) in [5, 5.41) is 3.64. The predicted octanol–water partition coefficient (Wildman–Crippen LogP) is 3.57. The SMILES string of the molecule is COC(=O)Cc1ccc(Nc2nc(N3CCC(c4ncc(Cl)cn4)CC3)nc3c2[S+]([O-])CC3)cc1F. The number of carbonyl (C=O) groups is 1. The fourth-order valence-electron chi connectivity index (χ4n) is 4.41. The summed E-state index contributed by atoms with van der Waals surface area (Å²) in [6.07, 6.45) is 5.34. The molecule has 12 heteroatoms. The van der Waals surface area contributed by atoms with Crippen LogP contribution in [0.3, 0.4) is 0 Å². The van der Waals surface area contributed by atoms with Gasteiger partial charge in [-0.25, -0.2) is 19.3 Å². The number of carbonyl (C=O) groups excluding carboxylic acids is 1. The van der Waals surface area contributed by atoms with E-state index in [-0.39, 0.29) is 17.9 Å². The van der Waals surface area contributed by atoms with Crippen molar-refractivity contribution in [3.8, 4) is 0 Å². The number of anilines is 3. The van der Waals surface area contributed by atoms with E-state index in [1.54, 1.807) is 18.5 Å². The van der Waals surface area contributed by atoms with Crippen molar-refractivity contribution in [3.05, 3.63) is 58.5 Å². The number of rotatable bonds is 6. The van der Waals surface area contributed by atoms with Gasteiger partial charge in [-0.2, -0.15) is 4.98 Å². The number of halogens is 2. The number of esters is 1. The fraction of sp³-hybridized carbons (Fsp3) is 0.375. The van der Waals surface area contributed by atoms with Crippen LogP contribution in [0.4, 0.5) is 21.8 Å². The van der Waals surface area contributed by atoms with Gasteiger partial charge < -0.3 is 19.5 Å². The first-order valence-corrected chi connectivity index (χ1v) is 13.2. The molecule has 9 nitrogen and oxygen atoms in total. The molecular formula is C24H24ClFN6O3S. The summed E-state index contributed by atoms with van der Waals surface area (Å²) in [6.45, 7) is 1.43. The molecule has 1 unspecified atom stereocenters. The van der Waals surface area contributed by atoms with Crippen LogP contribution in [-0.2, 0) is 33.5 Å². The average molecular weight is 531 g/mol. The summed E-state index contributed by atoms with van der Waals surface area (Å²) in [5.74, 6) is 1.39. The van der Waals surface area contributed by atoms with Crippen LogP contribution in [0, 0.1) is 5.82 Å². The molecule has 2 aromatic heterocycles. The van der Waals surface area contributed by atoms with Crippen molar-refractivity contribution in [2.75, 3.05) is 36.2 Å². The second-order valence-corrected chi connectivity index (χ2v) is 10.6. The van der Waals surface area contributed by atoms with E-state index in [2.05, 4.69) is 24.9 Å². The van der Waals surface area contributed by atoms with E-state index in [9.17, 15) is 13.7 Å². The Morgan fingerprint density at radius 2 is 2.03 bits per heavy atom. The molecule has 1 aromatic carbocycles. The largest absolute Gasteiger partial charge is 0.611 e. The molecule has 2 aliphatic rings. The molecule has 0 spiro atoms. The van der Waals surface area contributed by atoms with Crippen LogP contribution in [0.1, 0.15) is 35.8 Å². The lowest BCUT2D eigenvalue weighted by Gasteiger charge is -2.31. The summed E-state index contributed by atoms with van der Waals surface area (Å²) in [7, 11) is 1.26. The van der Waals surface area contributed by atoms with Crippen molar-refractivity contribution in [3.63, 3.8) is 0 Å². The molecule has 5 rings (SSSR count). The number of hydrogen-bond acceptors (Lipinski definition) is 9. The number of hydrogen-bond donors (Lipinski definition) is 1. The molecule has 1 N–H and O–H groups in total. The van der Waals surface area contributed by atoms with Crippen molar-refractivity contribution in [2.24, 2.45) is 0 Å². The van der Waals surface area contributed by atoms with E-state index >= 15 is 0 Å². The van der Waals surface area contributed by atoms with Crippen molar-refractivity contribution in [2.45, 2.75) is 36.5 Å². The van der Waals surface area contributed by atoms with Gasteiger partial charge in [0.05, 0.1) is 18.6 Å². The second-order valence-electron chi connectivity index (χ2n) is 8.65. The first-order valence-electron chi connectivity index (χ1n) is 11.5. The van der Waals surface area contributed by atoms with Crippen molar-refractivity contribution < 1.29 is 18.5 Å². The third kappa shape index (κ3) is 5.23. The van der Waals surface area contributed by atoms with Gasteiger partial charge in [-0.15, -0.1) is 0 Å². The van der Waals surface area contributed by atoms with Gasteiger partial charge in [-0.1, -0.05) is 17.7 Å². The van der Waals surface area contributed by atoms with Gasteiger partial charge in [0.15, 0.2) is 5.82 Å². The van der Waals surface area contributed by atoms with Crippen LogP contribution < -0.4 is 10.2 Å². The molecule has 1 atom stereocenters. The van der Waals surface area contributed by atoms with Gasteiger partial charge >= 0.3 is 5.97 Å². The summed E-state index contributed by atoms with van der Waals surface area (Å²) in [5.41, 5.74) is 1.42. The van der Waals surface area contributed by atoms with Crippen LogP contribution in [-0.4, -0.2) is 56.4 Å². The third-order valence-electron chi connectivity index (χ3n) is 6.34. The van der Waals surface area contributed by atoms with Crippen molar-refractivity contribution >= 4 is 46.2 Å². The minimum atomic E-state index is -1.24. The number of nitrogens with zero attached hydrogens (tertiary/aromatic N) is 5. The van der Waals surface area contributed by atoms with Crippen LogP contribution in [0.5, 0.6) is 0 Å². The Kier molecular flexibility index (Phi) is 7.22. The molecule has 188 valence electrons. The van der Waals surface area contributed by atoms with E-state index in [1.807, 2.05) is 0 Å². The second kappa shape index (κ2) is 10.5. The highest BCUT2D eigenvalue weighted by molar-refractivity contribution is 7.91. The lowest BCUT2D eigenvalue weighted by Crippen LogP contribution is -2.35. The molecule has 0 radical (unpaired) electrons. The summed E-state index contributed by atoms with van der Waals surface area (Å²) >= 11 is 4.67. The minimum Gasteiger partial charge on any atom is -0.611 e. The monoisotopic (exact) mass is 530 g/mol. The molecule has 36 heavy (non-hydrogen) atoms. The molecule has 1 saturated heterocycles. The Morgan fingerprint density at radius 1 is 1.28 bits per heavy atom. The van der Waals surface area contributed by atoms with E-state index in [0.29, 0.717) is 39.5 Å². The topological polar surface area (TPSA) is 116 Å². The van der Waals surface area contributed by atoms with Crippen LogP contribution in [0.15, 0.2) is 35.5 Å². The number of nitrogens with one attached hydrogen (secondary N) is 1. The molecule has 0 saturated carbocycles. The van der Waals surface area contributed by atoms with Gasteiger partial charge in [0.1, 0.15) is 23.1 Å². The van der Waals surface area contributed by atoms with Crippen LogP contribution >= 0.6 is 11.6 Å². The standard InChI is InChI=1S/C24H24ClFN6O3S/c1-35-20(33)10-15-2-3-17(11-18(15)26)29-23-21-19(6-9-36(21)34)30-24(31-23)32-7-4-14(5-8-32)22-27-12-16(25)13-28-22/h2-3,11-14H,4-10H2,1H3,(H,29,30,31). The number of piperidine rings is 1. The minimum absolute atomic E-state index is 0.156. The van der Waals surface area contributed by atoms with Crippen LogP contribution in [0.25, 0.3) is 0 Å². The van der Waals surface area contributed by atoms with Gasteiger partial charge in [-0.05, 0) is 41.7 Å². The number of aryl methyl sites for hydroxylation is 1. The van der Waals surface area contributed by atoms with E-state index in [0.717, 1.165) is 37.4 Å². The molecule has 0 amide bonds. The first-order chi connectivity index (χ1) is 17.4. The smallest absolute Gasteiger partial charge is 0.310 e. The van der Waals surface area contributed by atoms with Gasteiger partial charge in [0.2, 0.25) is 10.8 Å². The lowest BCUT2D eigenvalue weighted by atomic mass is 9.96. The van der Waals surface area contributed by atoms with Gasteiger partial charge in [-0.3, -0.25) is 4.79 Å². The highest BCUT2D eigenvalue weighted by Crippen LogP contribution is 2.35. The zero-order valence-electron chi connectivity index (χ0n) is 19.5. The zero-order chi connectivity index (χ0) is 25.2. The number of fused-ring (bicyclic) bond motifs is 1. The zero-order valence-corrected chi connectivity index (χ0v) is 21.1. The average Bonchev–Trinajstić information content (AvgIpc) is 3.27. The van der Waals surface area contributed by atoms with Crippen molar-refractivity contribution in [1.82, 2.24) is 19.9 Å². The Balaban J connectivity index is 1.35. The Morgan fingerprint density at radius 3 is 2.72 bits per heavy atom. The number of ether oxygens (including phenoxy) is 1. The Labute approximate surface area is 215 Å². The highest BCUT2D eigenvalue weighted by atomic mass is 35.5. The van der Waals surface area contributed by atoms with E-state index < -0.39 is 23.0 Å². The fourth-order valence-corrected chi connectivity index (χ4v) is 5.82. The third-order valence-corrected chi connectivity index (χ3v) is 7.99. The maximum Gasteiger partial charge on any atom is 0.310 e. The van der Waals surface area contributed by atoms with Gasteiger partial charge in [0.25, 0.3) is 0 Å². The lowest BCUT2D eigenvalue weighted by molar-refractivity contribution is -0.139. The Hall–Kier alpha value is -3.02. The molecule has 0 aliphatic carbocycles. The normalized spacial score (nSPS) is 17.7. The molecule has 3 aromatic rings. The van der Waals surface area contributed by atoms with Gasteiger partial charge in [0, 0.05) is 43.5 Å². The van der Waals surface area contributed by atoms with Crippen molar-refractivity contribution in [1.29, 1.82) is 0 Å². The molecule has 1 fully saturated rings. The maximum atomic E-state index is 14.6. The van der Waals surface area contributed by atoms with Crippen LogP contribution in [0.2, 0.25) is 5.02 Å². The highest BCUT2D eigenvalue weighted by Gasteiger charge is 2.34. The molecule has 0 bridgehead atoms. The summed E-state index contributed by atoms with van der Waals surface area (Å²) in [6, 6.07) is 4.48. The number of methoxy groups -OCH3 is 1. The summed E-state index contributed by atoms with van der Waals surface area (Å²) < 4.78 is 31.9. The quantitative estimate of drug-likeness (QED) is 0.377. The summed E-state index contributed by atoms with van der Waals surface area (Å²) in [4.78, 5) is 32.3. The van der Waals surface area contributed by atoms with E-state index in [4.69, 9.17) is 21.6 Å². The Bertz CT molecular complexity index is 1270.